The summed E-state index contributed by atoms with van der Waals surface area (Å²) in [5, 5.41) is 0. The Morgan fingerprint density at radius 3 is 1.00 bits per heavy atom. The van der Waals surface area contributed by atoms with Crippen molar-refractivity contribution in [2.75, 3.05) is 40.1 Å². The number of hydrogen-bond acceptors (Lipinski definition) is 3. The molecule has 4 nitrogen and oxygen atoms in total. The van der Waals surface area contributed by atoms with E-state index < -0.39 is 7.60 Å². The second kappa shape index (κ2) is 29.2. The van der Waals surface area contributed by atoms with Crippen LogP contribution >= 0.6 is 7.60 Å². The molecule has 0 aliphatic heterocycles. The summed E-state index contributed by atoms with van der Waals surface area (Å²) in [5.74, 6) is 0. The molecule has 242 valence electrons. The van der Waals surface area contributed by atoms with Gasteiger partial charge in [-0.1, -0.05) is 168 Å². The molecule has 0 saturated heterocycles. The molecule has 0 unspecified atom stereocenters. The third kappa shape index (κ3) is 28.2. The van der Waals surface area contributed by atoms with Crippen LogP contribution in [-0.2, 0) is 13.6 Å². The first-order valence-corrected chi connectivity index (χ1v) is 19.8. The highest BCUT2D eigenvalue weighted by Gasteiger charge is 2.34. The predicted octanol–water partition coefficient (Wildman–Crippen LogP) is 12.4. The smallest absolute Gasteiger partial charge is 0.318 e. The van der Waals surface area contributed by atoms with Crippen LogP contribution in [0.3, 0.4) is 0 Å². The molecule has 0 heterocycles. The summed E-state index contributed by atoms with van der Waals surface area (Å²) in [5.41, 5.74) is 0. The Balaban J connectivity index is 4.09. The van der Waals surface area contributed by atoms with Gasteiger partial charge in [-0.05, 0) is 19.3 Å². The molecule has 0 aromatic rings. The number of nitrogens with zero attached hydrogens (tertiary/aromatic N) is 1. The fraction of sp³-hybridized carbons (Fsp3) is 1.00. The van der Waals surface area contributed by atoms with Gasteiger partial charge in [0, 0.05) is 0 Å². The molecule has 0 aliphatic carbocycles. The minimum atomic E-state index is -3.07. The molecule has 0 amide bonds. The SMILES string of the molecule is CCCCCCCCCCCCCCOP(=O)(C[N+](C)(C)CCCC)OCCCCCCCCCCCCCC. The Labute approximate surface area is 253 Å². The first kappa shape index (κ1) is 40.1. The van der Waals surface area contributed by atoms with Gasteiger partial charge in [0.05, 0.1) is 33.9 Å². The Morgan fingerprint density at radius 1 is 0.425 bits per heavy atom. The zero-order valence-corrected chi connectivity index (χ0v) is 29.2. The molecule has 0 rings (SSSR count). The number of quaternary nitrogens is 1. The highest BCUT2D eigenvalue weighted by molar-refractivity contribution is 7.53. The zero-order chi connectivity index (χ0) is 29.6. The van der Waals surface area contributed by atoms with Gasteiger partial charge in [-0.25, -0.2) is 0 Å². The van der Waals surface area contributed by atoms with Crippen molar-refractivity contribution in [1.29, 1.82) is 0 Å². The summed E-state index contributed by atoms with van der Waals surface area (Å²) in [6, 6.07) is 0. The molecule has 0 saturated carbocycles. The van der Waals surface area contributed by atoms with Gasteiger partial charge in [-0.3, -0.25) is 4.57 Å². The molecular weight excluding hydrogens is 513 g/mol. The maximum absolute atomic E-state index is 13.7. The summed E-state index contributed by atoms with van der Waals surface area (Å²) in [6.07, 6.45) is 34.5. The van der Waals surface area contributed by atoms with Crippen molar-refractivity contribution in [3.05, 3.63) is 0 Å². The predicted molar refractivity (Wildman–Crippen MR) is 178 cm³/mol. The highest BCUT2D eigenvalue weighted by Crippen LogP contribution is 2.50. The average molecular weight is 589 g/mol. The molecule has 0 bridgehead atoms. The summed E-state index contributed by atoms with van der Waals surface area (Å²) in [7, 11) is 1.27. The Bertz CT molecular complexity index is 521. The standard InChI is InChI=1S/C35H75NO3P/c1-6-9-12-14-16-18-20-22-24-26-28-30-33-38-40(37,35-36(4,5)32-11-8-3)39-34-31-29-27-25-23-21-19-17-15-13-10-7-2/h6-35H2,1-5H3/q+1. The van der Waals surface area contributed by atoms with E-state index in [1.54, 1.807) is 0 Å². The van der Waals surface area contributed by atoms with Crippen molar-refractivity contribution in [1.82, 2.24) is 0 Å². The molecule has 5 heteroatoms. The van der Waals surface area contributed by atoms with Crippen LogP contribution in [0.1, 0.15) is 188 Å². The summed E-state index contributed by atoms with van der Waals surface area (Å²) in [6.45, 7) is 8.94. The molecule has 0 fully saturated rings. The summed E-state index contributed by atoms with van der Waals surface area (Å²) < 4.78 is 26.6. The lowest BCUT2D eigenvalue weighted by Gasteiger charge is -2.32. The normalized spacial score (nSPS) is 12.4. The summed E-state index contributed by atoms with van der Waals surface area (Å²) >= 11 is 0. The van der Waals surface area contributed by atoms with E-state index in [-0.39, 0.29) is 0 Å². The fourth-order valence-corrected chi connectivity index (χ4v) is 7.67. The van der Waals surface area contributed by atoms with Gasteiger partial charge in [0.1, 0.15) is 0 Å². The van der Waals surface area contributed by atoms with E-state index in [1.165, 1.54) is 141 Å². The van der Waals surface area contributed by atoms with E-state index in [9.17, 15) is 4.57 Å². The van der Waals surface area contributed by atoms with E-state index in [0.717, 1.165) is 32.2 Å². The lowest BCUT2D eigenvalue weighted by atomic mass is 10.1. The number of hydrogen-bond donors (Lipinski definition) is 0. The van der Waals surface area contributed by atoms with Crippen LogP contribution in [0.5, 0.6) is 0 Å². The molecule has 0 aliphatic rings. The average Bonchev–Trinajstić information content (AvgIpc) is 2.92. The van der Waals surface area contributed by atoms with Crippen molar-refractivity contribution < 1.29 is 18.1 Å². The van der Waals surface area contributed by atoms with Gasteiger partial charge in [0.15, 0.2) is 6.29 Å². The monoisotopic (exact) mass is 589 g/mol. The lowest BCUT2D eigenvalue weighted by Crippen LogP contribution is -2.41. The zero-order valence-electron chi connectivity index (χ0n) is 28.3. The Morgan fingerprint density at radius 2 is 0.700 bits per heavy atom. The molecule has 0 atom stereocenters. The fourth-order valence-electron chi connectivity index (χ4n) is 5.54. The Hall–Kier alpha value is 0.110. The highest BCUT2D eigenvalue weighted by atomic mass is 31.2. The number of rotatable bonds is 33. The van der Waals surface area contributed by atoms with Crippen LogP contribution in [0.15, 0.2) is 0 Å². The maximum Gasteiger partial charge on any atom is 0.384 e. The van der Waals surface area contributed by atoms with Gasteiger partial charge in [0.2, 0.25) is 0 Å². The summed E-state index contributed by atoms with van der Waals surface area (Å²) in [4.78, 5) is 0. The van der Waals surface area contributed by atoms with Crippen molar-refractivity contribution in [2.45, 2.75) is 188 Å². The van der Waals surface area contributed by atoms with Crippen LogP contribution in [0.4, 0.5) is 0 Å². The van der Waals surface area contributed by atoms with Crippen molar-refractivity contribution in [3.63, 3.8) is 0 Å². The molecule has 0 N–H and O–H groups in total. The first-order chi connectivity index (χ1) is 19.4. The largest absolute Gasteiger partial charge is 0.384 e. The van der Waals surface area contributed by atoms with Gasteiger partial charge in [-0.2, -0.15) is 0 Å². The molecule has 0 aromatic carbocycles. The minimum absolute atomic E-state index is 0.490. The van der Waals surface area contributed by atoms with E-state index in [2.05, 4.69) is 34.9 Å². The van der Waals surface area contributed by atoms with Crippen molar-refractivity contribution >= 4 is 7.60 Å². The second-order valence-corrected chi connectivity index (χ2v) is 15.2. The van der Waals surface area contributed by atoms with Crippen LogP contribution < -0.4 is 0 Å². The molecule has 0 aromatic heterocycles. The van der Waals surface area contributed by atoms with E-state index in [1.807, 2.05) is 0 Å². The third-order valence-electron chi connectivity index (χ3n) is 8.24. The van der Waals surface area contributed by atoms with Crippen molar-refractivity contribution in [2.24, 2.45) is 0 Å². The van der Waals surface area contributed by atoms with Crippen molar-refractivity contribution in [3.8, 4) is 0 Å². The maximum atomic E-state index is 13.7. The van der Waals surface area contributed by atoms with Gasteiger partial charge >= 0.3 is 7.60 Å². The van der Waals surface area contributed by atoms with Crippen LogP contribution in [0.25, 0.3) is 0 Å². The van der Waals surface area contributed by atoms with E-state index in [4.69, 9.17) is 9.05 Å². The Kier molecular flexibility index (Phi) is 29.3. The lowest BCUT2D eigenvalue weighted by molar-refractivity contribution is -0.880. The molecule has 0 radical (unpaired) electrons. The van der Waals surface area contributed by atoms with E-state index in [0.29, 0.717) is 24.0 Å². The topological polar surface area (TPSA) is 35.5 Å². The minimum Gasteiger partial charge on any atom is -0.318 e. The van der Waals surface area contributed by atoms with Gasteiger partial charge < -0.3 is 13.5 Å². The first-order valence-electron chi connectivity index (χ1n) is 18.1. The van der Waals surface area contributed by atoms with Crippen LogP contribution in [0.2, 0.25) is 0 Å². The van der Waals surface area contributed by atoms with Crippen LogP contribution in [0, 0.1) is 0 Å². The molecule has 40 heavy (non-hydrogen) atoms. The van der Waals surface area contributed by atoms with Gasteiger partial charge in [0.25, 0.3) is 0 Å². The molecule has 0 spiro atoms. The third-order valence-corrected chi connectivity index (χ3v) is 10.5. The second-order valence-electron chi connectivity index (χ2n) is 13.2. The molecular formula is C35H75NO3P+. The van der Waals surface area contributed by atoms with E-state index >= 15 is 0 Å². The number of unbranched alkanes of at least 4 members (excludes halogenated alkanes) is 23. The van der Waals surface area contributed by atoms with Crippen LogP contribution in [-0.4, -0.2) is 44.6 Å². The quantitative estimate of drug-likeness (QED) is 0.0434. The van der Waals surface area contributed by atoms with Gasteiger partial charge in [-0.15, -0.1) is 0 Å².